The van der Waals surface area contributed by atoms with Gasteiger partial charge < -0.3 is 15.3 Å². The van der Waals surface area contributed by atoms with Crippen LogP contribution in [0.1, 0.15) is 25.8 Å². The van der Waals surface area contributed by atoms with Crippen molar-refractivity contribution >= 4 is 23.5 Å². The van der Waals surface area contributed by atoms with Gasteiger partial charge in [0.15, 0.2) is 0 Å². The van der Waals surface area contributed by atoms with Crippen LogP contribution in [0.3, 0.4) is 0 Å². The number of carbonyl (C=O) groups excluding carboxylic acids is 2. The standard InChI is InChI=1S/C16H20N2O4/c1-3-11-6-4-5-7-13(11)18-9-12(8-14(18)19)15(20)17-10(2)16(21)22/h4-7,10,12H,3,8-9H2,1-2H3,(H,17,20)(H,21,22). The normalized spacial score (nSPS) is 19.1. The van der Waals surface area contributed by atoms with Gasteiger partial charge in [-0.1, -0.05) is 25.1 Å². The minimum Gasteiger partial charge on any atom is -0.480 e. The first-order chi connectivity index (χ1) is 10.4. The van der Waals surface area contributed by atoms with E-state index in [-0.39, 0.29) is 24.8 Å². The van der Waals surface area contributed by atoms with Crippen molar-refractivity contribution in [3.8, 4) is 0 Å². The Labute approximate surface area is 129 Å². The number of anilines is 1. The molecule has 1 saturated heterocycles. The fourth-order valence-corrected chi connectivity index (χ4v) is 2.58. The Morgan fingerprint density at radius 2 is 2.09 bits per heavy atom. The van der Waals surface area contributed by atoms with E-state index in [0.29, 0.717) is 0 Å². The van der Waals surface area contributed by atoms with Crippen LogP contribution in [0.25, 0.3) is 0 Å². The van der Waals surface area contributed by atoms with E-state index in [2.05, 4.69) is 5.32 Å². The van der Waals surface area contributed by atoms with Crippen LogP contribution in [-0.4, -0.2) is 35.5 Å². The molecule has 1 aliphatic heterocycles. The number of aliphatic carboxylic acids is 1. The summed E-state index contributed by atoms with van der Waals surface area (Å²) in [5.74, 6) is -2.10. The molecule has 0 radical (unpaired) electrons. The summed E-state index contributed by atoms with van der Waals surface area (Å²) >= 11 is 0. The number of carbonyl (C=O) groups is 3. The van der Waals surface area contributed by atoms with Gasteiger partial charge in [-0.3, -0.25) is 14.4 Å². The highest BCUT2D eigenvalue weighted by Crippen LogP contribution is 2.28. The minimum absolute atomic E-state index is 0.107. The molecule has 0 bridgehead atoms. The Kier molecular flexibility index (Phi) is 4.80. The van der Waals surface area contributed by atoms with Crippen LogP contribution in [0.5, 0.6) is 0 Å². The molecule has 2 atom stereocenters. The molecule has 2 N–H and O–H groups in total. The summed E-state index contributed by atoms with van der Waals surface area (Å²) in [6.45, 7) is 3.70. The first kappa shape index (κ1) is 16.0. The van der Waals surface area contributed by atoms with Gasteiger partial charge >= 0.3 is 5.97 Å². The maximum absolute atomic E-state index is 12.2. The number of hydrogen-bond acceptors (Lipinski definition) is 3. The lowest BCUT2D eigenvalue weighted by atomic mass is 10.1. The average Bonchev–Trinajstić information content (AvgIpc) is 2.88. The summed E-state index contributed by atoms with van der Waals surface area (Å²) < 4.78 is 0. The average molecular weight is 304 g/mol. The van der Waals surface area contributed by atoms with Gasteiger partial charge in [-0.05, 0) is 25.0 Å². The Bertz CT molecular complexity index is 600. The molecule has 0 aromatic heterocycles. The lowest BCUT2D eigenvalue weighted by Gasteiger charge is -2.20. The van der Waals surface area contributed by atoms with Gasteiger partial charge in [-0.2, -0.15) is 0 Å². The monoisotopic (exact) mass is 304 g/mol. The molecule has 2 amide bonds. The fraction of sp³-hybridized carbons (Fsp3) is 0.438. The number of carboxylic acid groups (broad SMARTS) is 1. The molecule has 1 aliphatic rings. The highest BCUT2D eigenvalue weighted by molar-refractivity contribution is 6.01. The van der Waals surface area contributed by atoms with E-state index in [1.165, 1.54) is 6.92 Å². The van der Waals surface area contributed by atoms with Crippen molar-refractivity contribution in [2.45, 2.75) is 32.7 Å². The maximum Gasteiger partial charge on any atom is 0.325 e. The second-order valence-corrected chi connectivity index (χ2v) is 5.46. The van der Waals surface area contributed by atoms with Gasteiger partial charge in [0.05, 0.1) is 5.92 Å². The molecule has 118 valence electrons. The topological polar surface area (TPSA) is 86.7 Å². The zero-order valence-electron chi connectivity index (χ0n) is 12.7. The van der Waals surface area contributed by atoms with E-state index in [4.69, 9.17) is 5.11 Å². The molecule has 6 nitrogen and oxygen atoms in total. The molecule has 1 heterocycles. The molecule has 1 aromatic carbocycles. The molecule has 0 spiro atoms. The summed E-state index contributed by atoms with van der Waals surface area (Å²) in [6, 6.07) is 6.66. The van der Waals surface area contributed by atoms with E-state index >= 15 is 0 Å². The summed E-state index contributed by atoms with van der Waals surface area (Å²) in [4.78, 5) is 36.7. The first-order valence-corrected chi connectivity index (χ1v) is 7.35. The molecular formula is C16H20N2O4. The molecule has 22 heavy (non-hydrogen) atoms. The Morgan fingerprint density at radius 1 is 1.41 bits per heavy atom. The predicted octanol–water partition coefficient (Wildman–Crippen LogP) is 1.19. The fourth-order valence-electron chi connectivity index (χ4n) is 2.58. The van der Waals surface area contributed by atoms with Crippen LogP contribution >= 0.6 is 0 Å². The van der Waals surface area contributed by atoms with Crippen molar-refractivity contribution < 1.29 is 19.5 Å². The van der Waals surface area contributed by atoms with Crippen LogP contribution in [0.2, 0.25) is 0 Å². The number of nitrogens with one attached hydrogen (secondary N) is 1. The molecule has 0 aliphatic carbocycles. The van der Waals surface area contributed by atoms with Gasteiger partial charge in [0.2, 0.25) is 11.8 Å². The van der Waals surface area contributed by atoms with Crippen LogP contribution in [0.4, 0.5) is 5.69 Å². The zero-order chi connectivity index (χ0) is 16.3. The Hall–Kier alpha value is -2.37. The lowest BCUT2D eigenvalue weighted by molar-refractivity contribution is -0.141. The lowest BCUT2D eigenvalue weighted by Crippen LogP contribution is -2.42. The largest absolute Gasteiger partial charge is 0.480 e. The number of carboxylic acids is 1. The summed E-state index contributed by atoms with van der Waals surface area (Å²) in [6.07, 6.45) is 0.906. The van der Waals surface area contributed by atoms with Gasteiger partial charge in [-0.15, -0.1) is 0 Å². The van der Waals surface area contributed by atoms with Crippen molar-refractivity contribution in [2.24, 2.45) is 5.92 Å². The van der Waals surface area contributed by atoms with E-state index in [1.807, 2.05) is 31.2 Å². The molecular weight excluding hydrogens is 284 g/mol. The summed E-state index contributed by atoms with van der Waals surface area (Å²) in [5, 5.41) is 11.3. The van der Waals surface area contributed by atoms with Crippen LogP contribution in [0.15, 0.2) is 24.3 Å². The highest BCUT2D eigenvalue weighted by Gasteiger charge is 2.36. The van der Waals surface area contributed by atoms with Crippen LogP contribution in [-0.2, 0) is 20.8 Å². The maximum atomic E-state index is 12.2. The Morgan fingerprint density at radius 3 is 2.73 bits per heavy atom. The second kappa shape index (κ2) is 6.60. The molecule has 6 heteroatoms. The molecule has 2 unspecified atom stereocenters. The van der Waals surface area contributed by atoms with Crippen molar-refractivity contribution in [3.63, 3.8) is 0 Å². The quantitative estimate of drug-likeness (QED) is 0.855. The minimum atomic E-state index is -1.09. The number of nitrogens with zero attached hydrogens (tertiary/aromatic N) is 1. The highest BCUT2D eigenvalue weighted by atomic mass is 16.4. The second-order valence-electron chi connectivity index (χ2n) is 5.46. The molecule has 1 aromatic rings. The van der Waals surface area contributed by atoms with E-state index in [9.17, 15) is 14.4 Å². The number of rotatable bonds is 5. The van der Waals surface area contributed by atoms with Crippen LogP contribution < -0.4 is 10.2 Å². The molecule has 1 fully saturated rings. The van der Waals surface area contributed by atoms with Crippen molar-refractivity contribution in [3.05, 3.63) is 29.8 Å². The van der Waals surface area contributed by atoms with Crippen molar-refractivity contribution in [2.75, 3.05) is 11.4 Å². The Balaban J connectivity index is 2.11. The number of aryl methyl sites for hydroxylation is 1. The van der Waals surface area contributed by atoms with Crippen molar-refractivity contribution in [1.82, 2.24) is 5.32 Å². The number of para-hydroxylation sites is 1. The van der Waals surface area contributed by atoms with Crippen LogP contribution in [0, 0.1) is 5.92 Å². The number of benzene rings is 1. The predicted molar refractivity (Wildman–Crippen MR) is 81.5 cm³/mol. The van der Waals surface area contributed by atoms with Gasteiger partial charge in [-0.25, -0.2) is 0 Å². The molecule has 0 saturated carbocycles. The first-order valence-electron chi connectivity index (χ1n) is 7.35. The summed E-state index contributed by atoms with van der Waals surface area (Å²) in [7, 11) is 0. The zero-order valence-corrected chi connectivity index (χ0v) is 12.7. The third-order valence-corrected chi connectivity index (χ3v) is 3.89. The van der Waals surface area contributed by atoms with E-state index in [0.717, 1.165) is 17.7 Å². The van der Waals surface area contributed by atoms with Crippen molar-refractivity contribution in [1.29, 1.82) is 0 Å². The van der Waals surface area contributed by atoms with Gasteiger partial charge in [0.1, 0.15) is 6.04 Å². The SMILES string of the molecule is CCc1ccccc1N1CC(C(=O)NC(C)C(=O)O)CC1=O. The number of amides is 2. The third-order valence-electron chi connectivity index (χ3n) is 3.89. The van der Waals surface area contributed by atoms with E-state index < -0.39 is 17.9 Å². The van der Waals surface area contributed by atoms with Gasteiger partial charge in [0, 0.05) is 18.7 Å². The third kappa shape index (κ3) is 3.27. The van der Waals surface area contributed by atoms with Gasteiger partial charge in [0.25, 0.3) is 0 Å². The number of hydrogen-bond donors (Lipinski definition) is 2. The van der Waals surface area contributed by atoms with E-state index in [1.54, 1.807) is 4.90 Å². The summed E-state index contributed by atoms with van der Waals surface area (Å²) in [5.41, 5.74) is 1.88. The smallest absolute Gasteiger partial charge is 0.325 e. The molecule has 2 rings (SSSR count).